The van der Waals surface area contributed by atoms with E-state index in [1.165, 1.54) is 6.92 Å². The number of ether oxygens (including phenoxy) is 1. The minimum atomic E-state index is -0.200. The highest BCUT2D eigenvalue weighted by Gasteiger charge is 2.27. The van der Waals surface area contributed by atoms with Crippen LogP contribution in [0.1, 0.15) is 13.3 Å². The summed E-state index contributed by atoms with van der Waals surface area (Å²) in [4.78, 5) is 28.3. The van der Waals surface area contributed by atoms with Gasteiger partial charge < -0.3 is 15.0 Å². The molecule has 0 aliphatic carbocycles. The maximum atomic E-state index is 11.8. The number of nitrogens with one attached hydrogen (secondary N) is 1. The van der Waals surface area contributed by atoms with Gasteiger partial charge in [0.05, 0.1) is 13.1 Å². The first-order valence-electron chi connectivity index (χ1n) is 6.25. The van der Waals surface area contributed by atoms with Crippen molar-refractivity contribution in [1.82, 2.24) is 15.2 Å². The molecule has 0 radical (unpaired) electrons. The summed E-state index contributed by atoms with van der Waals surface area (Å²) in [5.74, 6) is 0.291. The molecule has 2 amide bonds. The van der Waals surface area contributed by atoms with Gasteiger partial charge in [-0.3, -0.25) is 9.59 Å². The first kappa shape index (κ1) is 13.3. The van der Waals surface area contributed by atoms with Gasteiger partial charge in [0.1, 0.15) is 6.10 Å². The Morgan fingerprint density at radius 2 is 2.37 bits per heavy atom. The van der Waals surface area contributed by atoms with Gasteiger partial charge >= 0.3 is 0 Å². The van der Waals surface area contributed by atoms with E-state index in [9.17, 15) is 9.59 Å². The summed E-state index contributed by atoms with van der Waals surface area (Å²) >= 11 is 0. The Morgan fingerprint density at radius 1 is 1.53 bits per heavy atom. The summed E-state index contributed by atoms with van der Waals surface area (Å²) in [5.41, 5.74) is 0. The maximum Gasteiger partial charge on any atom is 0.242 e. The van der Waals surface area contributed by atoms with Crippen LogP contribution in [0.5, 0.6) is 5.88 Å². The van der Waals surface area contributed by atoms with Crippen LogP contribution >= 0.6 is 0 Å². The van der Waals surface area contributed by atoms with Crippen LogP contribution in [0, 0.1) is 0 Å². The van der Waals surface area contributed by atoms with Crippen molar-refractivity contribution in [3.05, 3.63) is 24.4 Å². The Labute approximate surface area is 111 Å². The van der Waals surface area contributed by atoms with Crippen molar-refractivity contribution < 1.29 is 14.3 Å². The standard InChI is InChI=1S/C13H17N3O3/c1-10(17)15-8-13(18)16-7-5-11(9-16)19-12-4-2-3-6-14-12/h2-4,6,11H,5,7-9H2,1H3,(H,15,17)/t11-/m0/s1. The molecule has 0 unspecified atom stereocenters. The molecule has 0 aromatic carbocycles. The Hall–Kier alpha value is -2.11. The first-order valence-corrected chi connectivity index (χ1v) is 6.25. The zero-order chi connectivity index (χ0) is 13.7. The van der Waals surface area contributed by atoms with Gasteiger partial charge in [-0.1, -0.05) is 6.07 Å². The number of amides is 2. The number of likely N-dealkylation sites (tertiary alicyclic amines) is 1. The van der Waals surface area contributed by atoms with Crippen LogP contribution in [0.3, 0.4) is 0 Å². The van der Waals surface area contributed by atoms with Crippen LogP contribution in [0.2, 0.25) is 0 Å². The molecule has 6 heteroatoms. The topological polar surface area (TPSA) is 71.5 Å². The lowest BCUT2D eigenvalue weighted by Gasteiger charge is -2.17. The van der Waals surface area contributed by atoms with E-state index in [4.69, 9.17) is 4.74 Å². The molecule has 1 saturated heterocycles. The summed E-state index contributed by atoms with van der Waals surface area (Å²) in [7, 11) is 0. The number of hydrogen-bond donors (Lipinski definition) is 1. The van der Waals surface area contributed by atoms with E-state index >= 15 is 0 Å². The van der Waals surface area contributed by atoms with Crippen LogP contribution in [-0.2, 0) is 9.59 Å². The molecule has 0 bridgehead atoms. The number of rotatable bonds is 4. The normalized spacial score (nSPS) is 18.2. The quantitative estimate of drug-likeness (QED) is 0.842. The Balaban J connectivity index is 1.80. The Kier molecular flexibility index (Phi) is 4.33. The number of carbonyl (C=O) groups is 2. The van der Waals surface area contributed by atoms with Gasteiger partial charge in [0.15, 0.2) is 0 Å². The lowest BCUT2D eigenvalue weighted by atomic mass is 10.3. The van der Waals surface area contributed by atoms with E-state index in [0.717, 1.165) is 6.42 Å². The van der Waals surface area contributed by atoms with E-state index in [-0.39, 0.29) is 24.5 Å². The van der Waals surface area contributed by atoms with E-state index in [1.807, 2.05) is 12.1 Å². The van der Waals surface area contributed by atoms with E-state index in [2.05, 4.69) is 10.3 Å². The van der Waals surface area contributed by atoms with Gasteiger partial charge in [-0.05, 0) is 6.07 Å². The molecule has 1 N–H and O–H groups in total. The molecule has 0 saturated carbocycles. The third kappa shape index (κ3) is 3.94. The molecule has 1 aliphatic heterocycles. The molecular weight excluding hydrogens is 246 g/mol. The van der Waals surface area contributed by atoms with Gasteiger partial charge in [-0.2, -0.15) is 0 Å². The van der Waals surface area contributed by atoms with E-state index < -0.39 is 0 Å². The third-order valence-electron chi connectivity index (χ3n) is 2.91. The first-order chi connectivity index (χ1) is 9.15. The lowest BCUT2D eigenvalue weighted by molar-refractivity contribution is -0.131. The van der Waals surface area contributed by atoms with Crippen LogP contribution in [0.15, 0.2) is 24.4 Å². The number of carbonyl (C=O) groups excluding carboxylic acids is 2. The maximum absolute atomic E-state index is 11.8. The number of hydrogen-bond acceptors (Lipinski definition) is 4. The predicted octanol–water partition coefficient (Wildman–Crippen LogP) is 0.197. The highest BCUT2D eigenvalue weighted by atomic mass is 16.5. The van der Waals surface area contributed by atoms with Gasteiger partial charge in [0, 0.05) is 32.2 Å². The molecule has 1 aromatic heterocycles. The van der Waals surface area contributed by atoms with Crippen LogP contribution in [0.25, 0.3) is 0 Å². The molecule has 1 aromatic rings. The summed E-state index contributed by atoms with van der Waals surface area (Å²) < 4.78 is 5.69. The average molecular weight is 263 g/mol. The van der Waals surface area contributed by atoms with Crippen LogP contribution in [0.4, 0.5) is 0 Å². The van der Waals surface area contributed by atoms with Crippen LogP contribution in [-0.4, -0.2) is 47.4 Å². The molecule has 2 heterocycles. The second-order valence-electron chi connectivity index (χ2n) is 4.45. The van der Waals surface area contributed by atoms with Gasteiger partial charge in [-0.15, -0.1) is 0 Å². The van der Waals surface area contributed by atoms with E-state index in [1.54, 1.807) is 17.2 Å². The second-order valence-corrected chi connectivity index (χ2v) is 4.45. The van der Waals surface area contributed by atoms with Crippen molar-refractivity contribution in [3.8, 4) is 5.88 Å². The van der Waals surface area contributed by atoms with Crippen molar-refractivity contribution >= 4 is 11.8 Å². The van der Waals surface area contributed by atoms with Gasteiger partial charge in [0.2, 0.25) is 17.7 Å². The van der Waals surface area contributed by atoms with Gasteiger partial charge in [-0.25, -0.2) is 4.98 Å². The monoisotopic (exact) mass is 263 g/mol. The second kappa shape index (κ2) is 6.17. The smallest absolute Gasteiger partial charge is 0.242 e. The highest BCUT2D eigenvalue weighted by molar-refractivity contribution is 5.83. The van der Waals surface area contributed by atoms with Crippen molar-refractivity contribution in [1.29, 1.82) is 0 Å². The van der Waals surface area contributed by atoms with Crippen molar-refractivity contribution in [2.75, 3.05) is 19.6 Å². The number of pyridine rings is 1. The summed E-state index contributed by atoms with van der Waals surface area (Å²) in [6.45, 7) is 2.63. The fourth-order valence-electron chi connectivity index (χ4n) is 1.95. The van der Waals surface area contributed by atoms with E-state index in [0.29, 0.717) is 19.0 Å². The minimum absolute atomic E-state index is 0.0313. The number of aromatic nitrogens is 1. The fraction of sp³-hybridized carbons (Fsp3) is 0.462. The Morgan fingerprint density at radius 3 is 3.05 bits per heavy atom. The molecule has 0 spiro atoms. The molecule has 1 atom stereocenters. The third-order valence-corrected chi connectivity index (χ3v) is 2.91. The summed E-state index contributed by atoms with van der Waals surface area (Å²) in [6, 6.07) is 5.48. The fourth-order valence-corrected chi connectivity index (χ4v) is 1.95. The molecule has 1 fully saturated rings. The average Bonchev–Trinajstić information content (AvgIpc) is 2.85. The van der Waals surface area contributed by atoms with Crippen LogP contribution < -0.4 is 10.1 Å². The van der Waals surface area contributed by atoms with Crippen molar-refractivity contribution in [2.45, 2.75) is 19.4 Å². The highest BCUT2D eigenvalue weighted by Crippen LogP contribution is 2.15. The summed E-state index contributed by atoms with van der Waals surface area (Å²) in [6.07, 6.45) is 2.42. The SMILES string of the molecule is CC(=O)NCC(=O)N1CC[C@H](Oc2ccccn2)C1. The molecule has 102 valence electrons. The molecule has 2 rings (SSSR count). The predicted molar refractivity (Wildman–Crippen MR) is 68.5 cm³/mol. The minimum Gasteiger partial charge on any atom is -0.472 e. The molecule has 19 heavy (non-hydrogen) atoms. The molecule has 6 nitrogen and oxygen atoms in total. The number of nitrogens with zero attached hydrogens (tertiary/aromatic N) is 2. The zero-order valence-corrected chi connectivity index (χ0v) is 10.8. The molecular formula is C13H17N3O3. The summed E-state index contributed by atoms with van der Waals surface area (Å²) in [5, 5.41) is 2.50. The van der Waals surface area contributed by atoms with Crippen molar-refractivity contribution in [3.63, 3.8) is 0 Å². The Bertz CT molecular complexity index is 450. The van der Waals surface area contributed by atoms with Crippen molar-refractivity contribution in [2.24, 2.45) is 0 Å². The lowest BCUT2D eigenvalue weighted by Crippen LogP contribution is -2.39. The zero-order valence-electron chi connectivity index (χ0n) is 10.8. The van der Waals surface area contributed by atoms with Gasteiger partial charge in [0.25, 0.3) is 0 Å². The largest absolute Gasteiger partial charge is 0.472 e. The molecule has 1 aliphatic rings.